The van der Waals surface area contributed by atoms with Crippen LogP contribution in [0.4, 0.5) is 0 Å². The number of rotatable bonds is 5. The second kappa shape index (κ2) is 6.21. The zero-order valence-corrected chi connectivity index (χ0v) is 13.1. The average molecular weight is 287 g/mol. The highest BCUT2D eigenvalue weighted by Gasteiger charge is 2.31. The minimum Gasteiger partial charge on any atom is -0.299 e. The van der Waals surface area contributed by atoms with Crippen molar-refractivity contribution in [3.8, 4) is 6.07 Å². The lowest BCUT2D eigenvalue weighted by Gasteiger charge is -2.36. The van der Waals surface area contributed by atoms with E-state index in [1.54, 1.807) is 0 Å². The zero-order valence-electron chi connectivity index (χ0n) is 12.3. The Balaban J connectivity index is 2.59. The van der Waals surface area contributed by atoms with Gasteiger partial charge in [0.15, 0.2) is 9.84 Å². The Bertz CT molecular complexity index is 427. The Hall–Kier alpha value is -0.640. The molecule has 0 aliphatic carbocycles. The van der Waals surface area contributed by atoms with Crippen LogP contribution in [0.15, 0.2) is 0 Å². The maximum atomic E-state index is 11.4. The van der Waals surface area contributed by atoms with Crippen LogP contribution in [0.2, 0.25) is 0 Å². The van der Waals surface area contributed by atoms with Crippen LogP contribution in [0.3, 0.4) is 0 Å². The fourth-order valence-corrected chi connectivity index (χ4v) is 3.89. The standard InChI is InChI=1S/C13H25N3O2S/c1-11(2)15-13(4,10-14)9-12(3)16-5-7-19(17,18)8-6-16/h11-12,15H,5-9H2,1-4H3. The van der Waals surface area contributed by atoms with Crippen LogP contribution in [0.1, 0.15) is 34.1 Å². The number of nitrogens with zero attached hydrogens (tertiary/aromatic N) is 2. The van der Waals surface area contributed by atoms with Gasteiger partial charge in [-0.2, -0.15) is 5.26 Å². The van der Waals surface area contributed by atoms with Crippen molar-refractivity contribution in [1.82, 2.24) is 10.2 Å². The molecule has 1 heterocycles. The minimum absolute atomic E-state index is 0.200. The van der Waals surface area contributed by atoms with Crippen molar-refractivity contribution in [1.29, 1.82) is 5.26 Å². The van der Waals surface area contributed by atoms with Gasteiger partial charge in [0, 0.05) is 25.2 Å². The lowest BCUT2D eigenvalue weighted by Crippen LogP contribution is -2.52. The van der Waals surface area contributed by atoms with Crippen molar-refractivity contribution in [3.63, 3.8) is 0 Å². The van der Waals surface area contributed by atoms with E-state index >= 15 is 0 Å². The summed E-state index contributed by atoms with van der Waals surface area (Å²) < 4.78 is 22.8. The van der Waals surface area contributed by atoms with Gasteiger partial charge >= 0.3 is 0 Å². The van der Waals surface area contributed by atoms with Gasteiger partial charge < -0.3 is 0 Å². The molecular weight excluding hydrogens is 262 g/mol. The third kappa shape index (κ3) is 5.09. The molecule has 2 unspecified atom stereocenters. The molecule has 1 saturated heterocycles. The van der Waals surface area contributed by atoms with Crippen LogP contribution in [-0.4, -0.2) is 55.5 Å². The summed E-state index contributed by atoms with van der Waals surface area (Å²) in [7, 11) is -2.84. The van der Waals surface area contributed by atoms with Gasteiger partial charge in [0.25, 0.3) is 0 Å². The smallest absolute Gasteiger partial charge is 0.152 e. The van der Waals surface area contributed by atoms with Crippen LogP contribution in [0, 0.1) is 11.3 Å². The monoisotopic (exact) mass is 287 g/mol. The molecule has 1 rings (SSSR count). The quantitative estimate of drug-likeness (QED) is 0.809. The molecule has 0 aromatic rings. The molecule has 0 aromatic heterocycles. The molecule has 2 atom stereocenters. The summed E-state index contributed by atoms with van der Waals surface area (Å²) in [5.41, 5.74) is -0.566. The predicted octanol–water partition coefficient (Wildman–Crippen LogP) is 0.776. The van der Waals surface area contributed by atoms with Gasteiger partial charge in [-0.3, -0.25) is 10.2 Å². The SMILES string of the molecule is CC(C)NC(C)(C#N)CC(C)N1CCS(=O)(=O)CC1. The van der Waals surface area contributed by atoms with E-state index in [0.717, 1.165) is 0 Å². The Morgan fingerprint density at radius 1 is 1.32 bits per heavy atom. The molecule has 19 heavy (non-hydrogen) atoms. The van der Waals surface area contributed by atoms with Gasteiger partial charge in [0.05, 0.1) is 17.6 Å². The molecule has 5 nitrogen and oxygen atoms in total. The van der Waals surface area contributed by atoms with Crippen LogP contribution in [-0.2, 0) is 9.84 Å². The molecule has 6 heteroatoms. The summed E-state index contributed by atoms with van der Waals surface area (Å²) >= 11 is 0. The summed E-state index contributed by atoms with van der Waals surface area (Å²) in [5.74, 6) is 0.469. The molecule has 0 spiro atoms. The second-order valence-corrected chi connectivity index (χ2v) is 8.29. The average Bonchev–Trinajstić information content (AvgIpc) is 2.27. The molecule has 0 amide bonds. The highest BCUT2D eigenvalue weighted by atomic mass is 32.2. The lowest BCUT2D eigenvalue weighted by molar-refractivity contribution is 0.186. The van der Waals surface area contributed by atoms with E-state index in [2.05, 4.69) is 23.2 Å². The fourth-order valence-electron chi connectivity index (χ4n) is 2.66. The fraction of sp³-hybridized carbons (Fsp3) is 0.923. The maximum absolute atomic E-state index is 11.4. The Morgan fingerprint density at radius 2 is 1.84 bits per heavy atom. The number of sulfone groups is 1. The first kappa shape index (κ1) is 16.4. The van der Waals surface area contributed by atoms with E-state index in [1.165, 1.54) is 0 Å². The van der Waals surface area contributed by atoms with E-state index in [9.17, 15) is 13.7 Å². The molecular formula is C13H25N3O2S. The van der Waals surface area contributed by atoms with Gasteiger partial charge in [-0.25, -0.2) is 8.42 Å². The second-order valence-electron chi connectivity index (χ2n) is 5.98. The summed E-state index contributed by atoms with van der Waals surface area (Å²) in [6, 6.07) is 2.79. The van der Waals surface area contributed by atoms with Crippen molar-refractivity contribution in [3.05, 3.63) is 0 Å². The minimum atomic E-state index is -2.84. The van der Waals surface area contributed by atoms with E-state index in [1.807, 2.05) is 20.8 Å². The number of hydrogen-bond acceptors (Lipinski definition) is 5. The topological polar surface area (TPSA) is 73.2 Å². The maximum Gasteiger partial charge on any atom is 0.152 e. The van der Waals surface area contributed by atoms with Gasteiger partial charge in [-0.05, 0) is 34.1 Å². The number of nitrogens with one attached hydrogen (secondary N) is 1. The number of nitriles is 1. The van der Waals surface area contributed by atoms with Crippen LogP contribution >= 0.6 is 0 Å². The first-order chi connectivity index (χ1) is 8.67. The van der Waals surface area contributed by atoms with Gasteiger partial charge in [-0.15, -0.1) is 0 Å². The summed E-state index contributed by atoms with van der Waals surface area (Å²) in [4.78, 5) is 2.17. The Kier molecular flexibility index (Phi) is 5.36. The molecule has 1 fully saturated rings. The zero-order chi connectivity index (χ0) is 14.7. The van der Waals surface area contributed by atoms with Crippen molar-refractivity contribution in [2.45, 2.75) is 51.7 Å². The summed E-state index contributed by atoms with van der Waals surface area (Å²) in [6.45, 7) is 9.17. The third-order valence-corrected chi connectivity index (χ3v) is 5.17. The van der Waals surface area contributed by atoms with Crippen molar-refractivity contribution in [2.75, 3.05) is 24.6 Å². The third-order valence-electron chi connectivity index (χ3n) is 3.56. The van der Waals surface area contributed by atoms with Crippen molar-refractivity contribution in [2.24, 2.45) is 0 Å². The van der Waals surface area contributed by atoms with E-state index in [0.29, 0.717) is 19.5 Å². The lowest BCUT2D eigenvalue weighted by atomic mass is 9.93. The molecule has 0 bridgehead atoms. The molecule has 1 aliphatic rings. The van der Waals surface area contributed by atoms with Gasteiger partial charge in [0.2, 0.25) is 0 Å². The number of hydrogen-bond donors (Lipinski definition) is 1. The summed E-state index contributed by atoms with van der Waals surface area (Å²) in [6.07, 6.45) is 0.696. The predicted molar refractivity (Wildman–Crippen MR) is 76.6 cm³/mol. The first-order valence-electron chi connectivity index (χ1n) is 6.81. The van der Waals surface area contributed by atoms with E-state index in [-0.39, 0.29) is 23.6 Å². The van der Waals surface area contributed by atoms with E-state index < -0.39 is 15.4 Å². The highest BCUT2D eigenvalue weighted by Crippen LogP contribution is 2.18. The van der Waals surface area contributed by atoms with Crippen molar-refractivity contribution >= 4 is 9.84 Å². The summed E-state index contributed by atoms with van der Waals surface area (Å²) in [5, 5.41) is 12.6. The molecule has 0 radical (unpaired) electrons. The molecule has 1 N–H and O–H groups in total. The van der Waals surface area contributed by atoms with Crippen LogP contribution in [0.5, 0.6) is 0 Å². The molecule has 0 aromatic carbocycles. The molecule has 1 aliphatic heterocycles. The van der Waals surface area contributed by atoms with E-state index in [4.69, 9.17) is 0 Å². The van der Waals surface area contributed by atoms with Gasteiger partial charge in [0.1, 0.15) is 5.54 Å². The largest absolute Gasteiger partial charge is 0.299 e. The van der Waals surface area contributed by atoms with Gasteiger partial charge in [-0.1, -0.05) is 0 Å². The molecule has 0 saturated carbocycles. The Morgan fingerprint density at radius 3 is 2.26 bits per heavy atom. The van der Waals surface area contributed by atoms with Crippen molar-refractivity contribution < 1.29 is 8.42 Å². The first-order valence-corrected chi connectivity index (χ1v) is 8.63. The highest BCUT2D eigenvalue weighted by molar-refractivity contribution is 7.91. The Labute approximate surface area is 116 Å². The van der Waals surface area contributed by atoms with Crippen LogP contribution < -0.4 is 5.32 Å². The van der Waals surface area contributed by atoms with Crippen LogP contribution in [0.25, 0.3) is 0 Å². The normalized spacial score (nSPS) is 24.6. The molecule has 110 valence electrons.